The van der Waals surface area contributed by atoms with Gasteiger partial charge in [0, 0.05) is 23.8 Å². The Morgan fingerprint density at radius 2 is 2.26 bits per heavy atom. The number of nitrogens with two attached hydrogens (primary N) is 1. The highest BCUT2D eigenvalue weighted by Crippen LogP contribution is 2.32. The fourth-order valence-corrected chi connectivity index (χ4v) is 3.23. The first-order valence-electron chi connectivity index (χ1n) is 7.90. The molecule has 2 atom stereocenters. The van der Waals surface area contributed by atoms with E-state index in [1.807, 2.05) is 31.2 Å². The zero-order valence-corrected chi connectivity index (χ0v) is 13.5. The van der Waals surface area contributed by atoms with Gasteiger partial charge in [-0.15, -0.1) is 5.10 Å². The van der Waals surface area contributed by atoms with Crippen LogP contribution in [0.1, 0.15) is 32.6 Å². The van der Waals surface area contributed by atoms with Crippen LogP contribution in [0.3, 0.4) is 0 Å². The molecule has 23 heavy (non-hydrogen) atoms. The highest BCUT2D eigenvalue weighted by atomic mass is 16.1. The predicted octanol–water partition coefficient (Wildman–Crippen LogP) is 1.72. The molecule has 1 aromatic heterocycles. The molecule has 7 nitrogen and oxygen atoms in total. The number of hydrogen-bond acceptors (Lipinski definition) is 5. The van der Waals surface area contributed by atoms with Crippen LogP contribution in [0, 0.1) is 5.92 Å². The number of anilines is 1. The Balaban J connectivity index is 1.78. The lowest BCUT2D eigenvalue weighted by Gasteiger charge is -2.37. The van der Waals surface area contributed by atoms with Crippen LogP contribution in [0.4, 0.5) is 5.69 Å². The molecule has 2 unspecified atom stereocenters. The fourth-order valence-electron chi connectivity index (χ4n) is 3.23. The van der Waals surface area contributed by atoms with E-state index in [-0.39, 0.29) is 11.8 Å². The summed E-state index contributed by atoms with van der Waals surface area (Å²) in [6, 6.07) is 7.53. The zero-order valence-electron chi connectivity index (χ0n) is 13.5. The summed E-state index contributed by atoms with van der Waals surface area (Å²) >= 11 is 0. The molecule has 0 bridgehead atoms. The van der Waals surface area contributed by atoms with Crippen molar-refractivity contribution in [2.45, 2.75) is 38.1 Å². The molecule has 0 aliphatic heterocycles. The maximum absolute atomic E-state index is 12.6. The molecule has 3 N–H and O–H groups in total. The standard InChI is InChI=1S/C16H22N6O/c1-16(17)9-4-3-8-13(16)15(23)18-12-7-5-6-11(10-12)14-19-20-21-22(14)2/h5-7,10,13H,3-4,8-9,17H2,1-2H3,(H,18,23). The van der Waals surface area contributed by atoms with Crippen molar-refractivity contribution in [1.29, 1.82) is 0 Å². The van der Waals surface area contributed by atoms with Crippen molar-refractivity contribution >= 4 is 11.6 Å². The number of tetrazole rings is 1. The Bertz CT molecular complexity index is 708. The highest BCUT2D eigenvalue weighted by Gasteiger charge is 2.37. The highest BCUT2D eigenvalue weighted by molar-refractivity contribution is 5.94. The maximum atomic E-state index is 12.6. The number of carbonyl (C=O) groups excluding carboxylic acids is 1. The van der Waals surface area contributed by atoms with Gasteiger partial charge in [-0.05, 0) is 42.3 Å². The smallest absolute Gasteiger partial charge is 0.229 e. The Hall–Kier alpha value is -2.28. The Kier molecular flexibility index (Phi) is 4.12. The first-order valence-corrected chi connectivity index (χ1v) is 7.90. The number of rotatable bonds is 3. The quantitative estimate of drug-likeness (QED) is 0.899. The van der Waals surface area contributed by atoms with Crippen LogP contribution < -0.4 is 11.1 Å². The lowest BCUT2D eigenvalue weighted by molar-refractivity contribution is -0.122. The van der Waals surface area contributed by atoms with Crippen molar-refractivity contribution in [2.24, 2.45) is 18.7 Å². The molecule has 1 aliphatic rings. The third kappa shape index (κ3) is 3.24. The second kappa shape index (κ2) is 6.08. The van der Waals surface area contributed by atoms with Gasteiger partial charge in [0.25, 0.3) is 0 Å². The minimum atomic E-state index is -0.437. The maximum Gasteiger partial charge on any atom is 0.229 e. The van der Waals surface area contributed by atoms with Crippen molar-refractivity contribution < 1.29 is 4.79 Å². The first-order chi connectivity index (χ1) is 11.0. The Morgan fingerprint density at radius 3 is 2.96 bits per heavy atom. The number of benzene rings is 1. The summed E-state index contributed by atoms with van der Waals surface area (Å²) in [5.74, 6) is 0.488. The number of nitrogens with one attached hydrogen (secondary N) is 1. The molecule has 2 aromatic rings. The average Bonchev–Trinajstić information content (AvgIpc) is 2.93. The van der Waals surface area contributed by atoms with Crippen LogP contribution in [0.2, 0.25) is 0 Å². The van der Waals surface area contributed by atoms with E-state index in [1.165, 1.54) is 0 Å². The molecule has 0 saturated heterocycles. The van der Waals surface area contributed by atoms with Gasteiger partial charge in [0.1, 0.15) is 0 Å². The van der Waals surface area contributed by atoms with Crippen molar-refractivity contribution in [2.75, 3.05) is 5.32 Å². The molecule has 1 aromatic carbocycles. The summed E-state index contributed by atoms with van der Waals surface area (Å²) in [6.45, 7) is 1.97. The van der Waals surface area contributed by atoms with Gasteiger partial charge in [-0.25, -0.2) is 4.68 Å². The third-order valence-corrected chi connectivity index (χ3v) is 4.58. The third-order valence-electron chi connectivity index (χ3n) is 4.58. The monoisotopic (exact) mass is 314 g/mol. The molecule has 1 saturated carbocycles. The van der Waals surface area contributed by atoms with Crippen LogP contribution in [-0.2, 0) is 11.8 Å². The summed E-state index contributed by atoms with van der Waals surface area (Å²) < 4.78 is 1.60. The van der Waals surface area contributed by atoms with Crippen LogP contribution in [0.5, 0.6) is 0 Å². The van der Waals surface area contributed by atoms with E-state index in [4.69, 9.17) is 5.73 Å². The van der Waals surface area contributed by atoms with Gasteiger partial charge in [0.15, 0.2) is 5.82 Å². The van der Waals surface area contributed by atoms with E-state index in [2.05, 4.69) is 20.8 Å². The molecule has 0 spiro atoms. The van der Waals surface area contributed by atoms with Gasteiger partial charge in [-0.1, -0.05) is 25.0 Å². The fraction of sp³-hybridized carbons (Fsp3) is 0.500. The van der Waals surface area contributed by atoms with Gasteiger partial charge in [0.2, 0.25) is 5.91 Å². The van der Waals surface area contributed by atoms with Crippen molar-refractivity contribution in [3.63, 3.8) is 0 Å². The summed E-state index contributed by atoms with van der Waals surface area (Å²) in [7, 11) is 1.78. The minimum absolute atomic E-state index is 0.0112. The van der Waals surface area contributed by atoms with E-state index < -0.39 is 5.54 Å². The Labute approximate surface area is 135 Å². The number of amides is 1. The molecular formula is C16H22N6O. The number of nitrogens with zero attached hydrogens (tertiary/aromatic N) is 4. The second-order valence-electron chi connectivity index (χ2n) is 6.50. The lowest BCUT2D eigenvalue weighted by atomic mass is 9.74. The zero-order chi connectivity index (χ0) is 16.4. The summed E-state index contributed by atoms with van der Waals surface area (Å²) in [6.07, 6.45) is 3.86. The number of carbonyl (C=O) groups is 1. The molecule has 0 radical (unpaired) electrons. The van der Waals surface area contributed by atoms with Gasteiger partial charge >= 0.3 is 0 Å². The van der Waals surface area contributed by atoms with Crippen LogP contribution in [-0.4, -0.2) is 31.7 Å². The van der Waals surface area contributed by atoms with Gasteiger partial charge in [-0.3, -0.25) is 4.79 Å². The SMILES string of the molecule is Cn1nnnc1-c1cccc(NC(=O)C2CCCCC2(C)N)c1. The van der Waals surface area contributed by atoms with Gasteiger partial charge < -0.3 is 11.1 Å². The normalized spacial score (nSPS) is 24.4. The number of aromatic nitrogens is 4. The Morgan fingerprint density at radius 1 is 1.43 bits per heavy atom. The second-order valence-corrected chi connectivity index (χ2v) is 6.50. The topological polar surface area (TPSA) is 98.7 Å². The number of aryl methyl sites for hydroxylation is 1. The lowest BCUT2D eigenvalue weighted by Crippen LogP contribution is -2.51. The largest absolute Gasteiger partial charge is 0.326 e. The van der Waals surface area contributed by atoms with E-state index >= 15 is 0 Å². The molecule has 1 amide bonds. The van der Waals surface area contributed by atoms with Crippen LogP contribution in [0.15, 0.2) is 24.3 Å². The van der Waals surface area contributed by atoms with Crippen LogP contribution in [0.25, 0.3) is 11.4 Å². The van der Waals surface area contributed by atoms with Crippen molar-refractivity contribution in [1.82, 2.24) is 20.2 Å². The first kappa shape index (κ1) is 15.6. The van der Waals surface area contributed by atoms with Gasteiger partial charge in [-0.2, -0.15) is 0 Å². The van der Waals surface area contributed by atoms with E-state index in [0.717, 1.165) is 36.9 Å². The summed E-state index contributed by atoms with van der Waals surface area (Å²) in [5.41, 5.74) is 7.46. The van der Waals surface area contributed by atoms with Crippen molar-refractivity contribution in [3.05, 3.63) is 24.3 Å². The molecule has 1 aliphatic carbocycles. The molecular weight excluding hydrogens is 292 g/mol. The van der Waals surface area contributed by atoms with Crippen LogP contribution >= 0.6 is 0 Å². The minimum Gasteiger partial charge on any atom is -0.326 e. The van der Waals surface area contributed by atoms with Gasteiger partial charge in [0.05, 0.1) is 5.92 Å². The van der Waals surface area contributed by atoms with E-state index in [1.54, 1.807) is 11.7 Å². The van der Waals surface area contributed by atoms with E-state index in [0.29, 0.717) is 5.82 Å². The number of hydrogen-bond donors (Lipinski definition) is 2. The van der Waals surface area contributed by atoms with Crippen molar-refractivity contribution in [3.8, 4) is 11.4 Å². The predicted molar refractivity (Wildman–Crippen MR) is 87.4 cm³/mol. The molecule has 1 heterocycles. The molecule has 3 rings (SSSR count). The molecule has 7 heteroatoms. The molecule has 1 fully saturated rings. The average molecular weight is 314 g/mol. The summed E-state index contributed by atoms with van der Waals surface area (Å²) in [4.78, 5) is 12.6. The van der Waals surface area contributed by atoms with E-state index in [9.17, 15) is 4.79 Å². The summed E-state index contributed by atoms with van der Waals surface area (Å²) in [5, 5.41) is 14.4. The molecule has 122 valence electrons.